The number of nitrogens with zero attached hydrogens (tertiary/aromatic N) is 5. The van der Waals surface area contributed by atoms with E-state index in [0.717, 1.165) is 47.2 Å². The average Bonchev–Trinajstić information content (AvgIpc) is 3.29. The van der Waals surface area contributed by atoms with E-state index < -0.39 is 0 Å². The molecule has 0 aliphatic carbocycles. The van der Waals surface area contributed by atoms with Crippen LogP contribution in [0, 0.1) is 0 Å². The summed E-state index contributed by atoms with van der Waals surface area (Å²) in [6.07, 6.45) is 7.77. The molecule has 2 atom stereocenters. The molecular formula is C20H20ClN5O. The fraction of sp³-hybridized carbons (Fsp3) is 0.350. The maximum absolute atomic E-state index is 6.31. The Kier molecular flexibility index (Phi) is 4.10. The van der Waals surface area contributed by atoms with Gasteiger partial charge in [0.2, 0.25) is 0 Å². The summed E-state index contributed by atoms with van der Waals surface area (Å²) >= 11 is 6.31. The lowest BCUT2D eigenvalue weighted by molar-refractivity contribution is 0.00619. The number of imidazole rings is 1. The summed E-state index contributed by atoms with van der Waals surface area (Å²) in [6, 6.07) is 8.10. The highest BCUT2D eigenvalue weighted by molar-refractivity contribution is 6.31. The van der Waals surface area contributed by atoms with Gasteiger partial charge in [0, 0.05) is 35.5 Å². The van der Waals surface area contributed by atoms with Gasteiger partial charge in [-0.05, 0) is 44.0 Å². The van der Waals surface area contributed by atoms with Crippen molar-refractivity contribution in [3.05, 3.63) is 53.7 Å². The van der Waals surface area contributed by atoms with Gasteiger partial charge >= 0.3 is 0 Å². The number of pyridine rings is 1. The summed E-state index contributed by atoms with van der Waals surface area (Å²) in [5.41, 5.74) is 2.92. The van der Waals surface area contributed by atoms with Gasteiger partial charge in [-0.15, -0.1) is 0 Å². The second kappa shape index (κ2) is 6.62. The van der Waals surface area contributed by atoms with Crippen molar-refractivity contribution in [2.24, 2.45) is 0 Å². The third kappa shape index (κ3) is 2.99. The lowest BCUT2D eigenvalue weighted by atomic mass is 10.0. The molecule has 4 aromatic rings. The molecule has 0 saturated carbocycles. The maximum atomic E-state index is 6.31. The second-order valence-electron chi connectivity index (χ2n) is 7.11. The fourth-order valence-corrected chi connectivity index (χ4v) is 4.22. The standard InChI is InChI=1S/C20H20ClN5O/c1-13-9-15(5-8-27-13)26-19(12-25-7-2-6-23-25)24-18-11-22-17-4-3-14(21)10-16(17)20(18)26/h2-4,6-7,10-11,13,15H,5,8-9,12H2,1H3/t13-,15-/m1/s1. The predicted molar refractivity (Wildman–Crippen MR) is 105 cm³/mol. The van der Waals surface area contributed by atoms with Gasteiger partial charge < -0.3 is 9.30 Å². The Morgan fingerprint density at radius 2 is 2.22 bits per heavy atom. The SMILES string of the molecule is C[C@@H]1C[C@H](n2c(Cn3cccn3)nc3cnc4ccc(Cl)cc4c32)CCO1. The molecule has 0 spiro atoms. The Morgan fingerprint density at radius 3 is 3.04 bits per heavy atom. The molecular weight excluding hydrogens is 362 g/mol. The molecule has 4 heterocycles. The molecule has 0 amide bonds. The minimum atomic E-state index is 0.232. The van der Waals surface area contributed by atoms with E-state index in [0.29, 0.717) is 17.6 Å². The Hall–Kier alpha value is -2.44. The zero-order chi connectivity index (χ0) is 18.4. The molecule has 5 rings (SSSR count). The summed E-state index contributed by atoms with van der Waals surface area (Å²) < 4.78 is 10.1. The molecule has 0 radical (unpaired) electrons. The van der Waals surface area contributed by atoms with Crippen molar-refractivity contribution in [3.63, 3.8) is 0 Å². The van der Waals surface area contributed by atoms with Crippen molar-refractivity contribution in [3.8, 4) is 0 Å². The molecule has 0 unspecified atom stereocenters. The number of halogens is 1. The smallest absolute Gasteiger partial charge is 0.132 e. The molecule has 1 aliphatic heterocycles. The largest absolute Gasteiger partial charge is 0.378 e. The van der Waals surface area contributed by atoms with Crippen LogP contribution in [0.15, 0.2) is 42.9 Å². The molecule has 138 valence electrons. The molecule has 7 heteroatoms. The predicted octanol–water partition coefficient (Wildman–Crippen LogP) is 4.22. The third-order valence-corrected chi connectivity index (χ3v) is 5.47. The van der Waals surface area contributed by atoms with Gasteiger partial charge in [0.15, 0.2) is 0 Å². The van der Waals surface area contributed by atoms with Crippen molar-refractivity contribution in [1.82, 2.24) is 24.3 Å². The molecule has 3 aromatic heterocycles. The van der Waals surface area contributed by atoms with Crippen LogP contribution in [0.2, 0.25) is 5.02 Å². The van der Waals surface area contributed by atoms with Gasteiger partial charge in [-0.2, -0.15) is 5.10 Å². The quantitative estimate of drug-likeness (QED) is 0.533. The lowest BCUT2D eigenvalue weighted by Crippen LogP contribution is -2.27. The van der Waals surface area contributed by atoms with E-state index in [4.69, 9.17) is 21.3 Å². The Morgan fingerprint density at radius 1 is 1.30 bits per heavy atom. The number of fused-ring (bicyclic) bond motifs is 3. The monoisotopic (exact) mass is 381 g/mol. The zero-order valence-electron chi connectivity index (χ0n) is 15.0. The van der Waals surface area contributed by atoms with Crippen LogP contribution in [0.5, 0.6) is 0 Å². The average molecular weight is 382 g/mol. The minimum Gasteiger partial charge on any atom is -0.378 e. The van der Waals surface area contributed by atoms with E-state index in [2.05, 4.69) is 21.6 Å². The summed E-state index contributed by atoms with van der Waals surface area (Å²) in [5.74, 6) is 0.988. The topological polar surface area (TPSA) is 57.8 Å². The van der Waals surface area contributed by atoms with Crippen molar-refractivity contribution < 1.29 is 4.74 Å². The van der Waals surface area contributed by atoms with Gasteiger partial charge in [-0.3, -0.25) is 9.67 Å². The molecule has 1 aliphatic rings. The Labute approximate surface area is 161 Å². The molecule has 0 N–H and O–H groups in total. The molecule has 1 aromatic carbocycles. The molecule has 1 saturated heterocycles. The fourth-order valence-electron chi connectivity index (χ4n) is 4.05. The summed E-state index contributed by atoms with van der Waals surface area (Å²) in [7, 11) is 0. The first-order chi connectivity index (χ1) is 13.2. The number of rotatable bonds is 3. The van der Waals surface area contributed by atoms with Crippen molar-refractivity contribution in [1.29, 1.82) is 0 Å². The molecule has 6 nitrogen and oxygen atoms in total. The van der Waals surface area contributed by atoms with Crippen LogP contribution in [0.25, 0.3) is 21.9 Å². The van der Waals surface area contributed by atoms with E-state index in [1.165, 1.54) is 0 Å². The first-order valence-electron chi connectivity index (χ1n) is 9.23. The normalized spacial score (nSPS) is 20.5. The minimum absolute atomic E-state index is 0.232. The van der Waals surface area contributed by atoms with E-state index >= 15 is 0 Å². The van der Waals surface area contributed by atoms with Gasteiger partial charge in [-0.25, -0.2) is 4.98 Å². The number of aromatic nitrogens is 5. The van der Waals surface area contributed by atoms with Crippen molar-refractivity contribution >= 4 is 33.5 Å². The maximum Gasteiger partial charge on any atom is 0.132 e. The summed E-state index contributed by atoms with van der Waals surface area (Å²) in [6.45, 7) is 3.51. The van der Waals surface area contributed by atoms with E-state index in [1.807, 2.05) is 41.3 Å². The molecule has 27 heavy (non-hydrogen) atoms. The highest BCUT2D eigenvalue weighted by atomic mass is 35.5. The zero-order valence-corrected chi connectivity index (χ0v) is 15.8. The van der Waals surface area contributed by atoms with Crippen LogP contribution < -0.4 is 0 Å². The molecule has 0 bridgehead atoms. The van der Waals surface area contributed by atoms with Crippen LogP contribution in [0.3, 0.4) is 0 Å². The highest BCUT2D eigenvalue weighted by Gasteiger charge is 2.26. The van der Waals surface area contributed by atoms with Crippen LogP contribution in [-0.4, -0.2) is 37.0 Å². The van der Waals surface area contributed by atoms with Crippen LogP contribution >= 0.6 is 11.6 Å². The Bertz CT molecular complexity index is 1100. The van der Waals surface area contributed by atoms with E-state index in [-0.39, 0.29) is 6.10 Å². The van der Waals surface area contributed by atoms with E-state index in [1.54, 1.807) is 6.20 Å². The van der Waals surface area contributed by atoms with Gasteiger partial charge in [0.25, 0.3) is 0 Å². The number of benzene rings is 1. The Balaban J connectivity index is 1.76. The highest BCUT2D eigenvalue weighted by Crippen LogP contribution is 2.34. The van der Waals surface area contributed by atoms with Gasteiger partial charge in [-0.1, -0.05) is 11.6 Å². The second-order valence-corrected chi connectivity index (χ2v) is 7.55. The summed E-state index contributed by atoms with van der Waals surface area (Å²) in [5, 5.41) is 6.11. The number of hydrogen-bond acceptors (Lipinski definition) is 4. The summed E-state index contributed by atoms with van der Waals surface area (Å²) in [4.78, 5) is 9.50. The van der Waals surface area contributed by atoms with Crippen molar-refractivity contribution in [2.45, 2.75) is 38.5 Å². The first kappa shape index (κ1) is 16.7. The number of hydrogen-bond donors (Lipinski definition) is 0. The van der Waals surface area contributed by atoms with Crippen LogP contribution in [0.1, 0.15) is 31.6 Å². The van der Waals surface area contributed by atoms with E-state index in [9.17, 15) is 0 Å². The number of ether oxygens (including phenoxy) is 1. The van der Waals surface area contributed by atoms with Crippen LogP contribution in [0.4, 0.5) is 0 Å². The van der Waals surface area contributed by atoms with Crippen molar-refractivity contribution in [2.75, 3.05) is 6.61 Å². The lowest BCUT2D eigenvalue weighted by Gasteiger charge is -2.30. The third-order valence-electron chi connectivity index (χ3n) is 5.24. The first-order valence-corrected chi connectivity index (χ1v) is 9.61. The van der Waals surface area contributed by atoms with Gasteiger partial charge in [0.1, 0.15) is 11.3 Å². The molecule has 1 fully saturated rings. The van der Waals surface area contributed by atoms with Crippen LogP contribution in [-0.2, 0) is 11.3 Å². The van der Waals surface area contributed by atoms with Gasteiger partial charge in [0.05, 0.1) is 29.9 Å².